The second-order valence-corrected chi connectivity index (χ2v) is 5.01. The molecule has 0 aliphatic carbocycles. The number of aromatic nitrogens is 2. The normalized spacial score (nSPS) is 11.2. The fourth-order valence-corrected chi connectivity index (χ4v) is 2.33. The Bertz CT molecular complexity index is 553. The largest absolute Gasteiger partial charge is 0.367 e. The zero-order chi connectivity index (χ0) is 14.4. The predicted molar refractivity (Wildman–Crippen MR) is 85.2 cm³/mol. The van der Waals surface area contributed by atoms with Crippen molar-refractivity contribution in [3.05, 3.63) is 30.0 Å². The molecule has 0 radical (unpaired) electrons. The van der Waals surface area contributed by atoms with Crippen LogP contribution in [0.2, 0.25) is 0 Å². The van der Waals surface area contributed by atoms with E-state index in [9.17, 15) is 0 Å². The van der Waals surface area contributed by atoms with E-state index in [0.29, 0.717) is 0 Å². The zero-order valence-corrected chi connectivity index (χ0v) is 12.7. The quantitative estimate of drug-likeness (QED) is 0.841. The van der Waals surface area contributed by atoms with Crippen LogP contribution in [0.15, 0.2) is 24.3 Å². The van der Waals surface area contributed by atoms with Gasteiger partial charge in [-0.05, 0) is 38.6 Å². The molecule has 4 nitrogen and oxygen atoms in total. The number of fused-ring (bicyclic) bond motifs is 1. The highest BCUT2D eigenvalue weighted by atomic mass is 15.1. The molecule has 2 rings (SSSR count). The molecule has 0 aliphatic rings. The van der Waals surface area contributed by atoms with Crippen molar-refractivity contribution in [2.24, 2.45) is 0 Å². The highest BCUT2D eigenvalue weighted by Gasteiger charge is 2.05. The Balaban J connectivity index is 2.00. The van der Waals surface area contributed by atoms with Gasteiger partial charge in [-0.3, -0.25) is 0 Å². The third kappa shape index (κ3) is 3.67. The van der Waals surface area contributed by atoms with Crippen LogP contribution in [-0.4, -0.2) is 41.0 Å². The van der Waals surface area contributed by atoms with Crippen molar-refractivity contribution in [1.82, 2.24) is 14.9 Å². The average Bonchev–Trinajstić information content (AvgIpc) is 2.46. The number of para-hydroxylation sites is 2. The van der Waals surface area contributed by atoms with Crippen LogP contribution >= 0.6 is 0 Å². The molecule has 0 aliphatic heterocycles. The first-order valence-corrected chi connectivity index (χ1v) is 7.44. The Morgan fingerprint density at radius 2 is 1.75 bits per heavy atom. The maximum Gasteiger partial charge on any atom is 0.148 e. The second-order valence-electron chi connectivity index (χ2n) is 5.01. The fraction of sp³-hybridized carbons (Fsp3) is 0.500. The summed E-state index contributed by atoms with van der Waals surface area (Å²) in [5.41, 5.74) is 2.86. The maximum atomic E-state index is 4.65. The van der Waals surface area contributed by atoms with Crippen LogP contribution < -0.4 is 5.32 Å². The first-order chi connectivity index (χ1) is 9.74. The van der Waals surface area contributed by atoms with Crippen molar-refractivity contribution < 1.29 is 0 Å². The number of hydrogen-bond acceptors (Lipinski definition) is 4. The van der Waals surface area contributed by atoms with E-state index >= 15 is 0 Å². The van der Waals surface area contributed by atoms with E-state index in [1.807, 2.05) is 31.2 Å². The number of rotatable bonds is 7. The van der Waals surface area contributed by atoms with E-state index in [2.05, 4.69) is 34.0 Å². The number of nitrogens with zero attached hydrogens (tertiary/aromatic N) is 3. The third-order valence-corrected chi connectivity index (χ3v) is 3.45. The van der Waals surface area contributed by atoms with Crippen LogP contribution in [0.4, 0.5) is 5.82 Å². The molecule has 0 saturated heterocycles. The molecular weight excluding hydrogens is 248 g/mol. The van der Waals surface area contributed by atoms with E-state index in [-0.39, 0.29) is 0 Å². The summed E-state index contributed by atoms with van der Waals surface area (Å²) in [5, 5.41) is 3.41. The van der Waals surface area contributed by atoms with Crippen molar-refractivity contribution in [3.8, 4) is 0 Å². The SMILES string of the molecule is CCCN(CC)CCNc1nc2ccccc2nc1C. The molecule has 2 aromatic rings. The molecule has 0 fully saturated rings. The predicted octanol–water partition coefficient (Wildman–Crippen LogP) is 3.08. The number of aryl methyl sites for hydroxylation is 1. The second kappa shape index (κ2) is 7.20. The van der Waals surface area contributed by atoms with Crippen LogP contribution in [0.5, 0.6) is 0 Å². The first-order valence-electron chi connectivity index (χ1n) is 7.44. The molecule has 1 aromatic heterocycles. The molecule has 1 aromatic carbocycles. The summed E-state index contributed by atoms with van der Waals surface area (Å²) in [4.78, 5) is 11.7. The van der Waals surface area contributed by atoms with Crippen molar-refractivity contribution in [3.63, 3.8) is 0 Å². The molecule has 0 unspecified atom stereocenters. The summed E-state index contributed by atoms with van der Waals surface area (Å²) in [7, 11) is 0. The minimum atomic E-state index is 0.899. The van der Waals surface area contributed by atoms with Gasteiger partial charge in [0, 0.05) is 13.1 Å². The highest BCUT2D eigenvalue weighted by molar-refractivity contribution is 5.76. The lowest BCUT2D eigenvalue weighted by Crippen LogP contribution is -2.29. The van der Waals surface area contributed by atoms with Crippen LogP contribution in [0, 0.1) is 6.92 Å². The van der Waals surface area contributed by atoms with Gasteiger partial charge in [0.25, 0.3) is 0 Å². The van der Waals surface area contributed by atoms with Crippen LogP contribution in [-0.2, 0) is 0 Å². The van der Waals surface area contributed by atoms with Gasteiger partial charge in [0.2, 0.25) is 0 Å². The van der Waals surface area contributed by atoms with E-state index in [1.54, 1.807) is 0 Å². The summed E-state index contributed by atoms with van der Waals surface area (Å²) in [6.45, 7) is 10.6. The molecule has 4 heteroatoms. The number of anilines is 1. The van der Waals surface area contributed by atoms with Gasteiger partial charge < -0.3 is 10.2 Å². The monoisotopic (exact) mass is 272 g/mol. The fourth-order valence-electron chi connectivity index (χ4n) is 2.33. The van der Waals surface area contributed by atoms with E-state index < -0.39 is 0 Å². The summed E-state index contributed by atoms with van der Waals surface area (Å²) < 4.78 is 0. The lowest BCUT2D eigenvalue weighted by molar-refractivity contribution is 0.300. The van der Waals surface area contributed by atoms with Gasteiger partial charge in [-0.1, -0.05) is 26.0 Å². The Morgan fingerprint density at radius 1 is 1.05 bits per heavy atom. The highest BCUT2D eigenvalue weighted by Crippen LogP contribution is 2.15. The molecule has 1 N–H and O–H groups in total. The Morgan fingerprint density at radius 3 is 2.40 bits per heavy atom. The van der Waals surface area contributed by atoms with Crippen LogP contribution in [0.3, 0.4) is 0 Å². The summed E-state index contributed by atoms with van der Waals surface area (Å²) in [6.07, 6.45) is 1.20. The Kier molecular flexibility index (Phi) is 5.30. The van der Waals surface area contributed by atoms with Gasteiger partial charge in [-0.2, -0.15) is 0 Å². The molecular formula is C16H24N4. The summed E-state index contributed by atoms with van der Waals surface area (Å²) >= 11 is 0. The molecule has 0 amide bonds. The molecule has 1 heterocycles. The van der Waals surface area contributed by atoms with Gasteiger partial charge in [-0.15, -0.1) is 0 Å². The number of nitrogens with one attached hydrogen (secondary N) is 1. The lowest BCUT2D eigenvalue weighted by Gasteiger charge is -2.20. The van der Waals surface area contributed by atoms with Gasteiger partial charge in [0.15, 0.2) is 0 Å². The van der Waals surface area contributed by atoms with Crippen LogP contribution in [0.25, 0.3) is 11.0 Å². The van der Waals surface area contributed by atoms with Crippen molar-refractivity contribution >= 4 is 16.9 Å². The molecule has 0 atom stereocenters. The topological polar surface area (TPSA) is 41.0 Å². The zero-order valence-electron chi connectivity index (χ0n) is 12.7. The smallest absolute Gasteiger partial charge is 0.148 e. The van der Waals surface area contributed by atoms with Gasteiger partial charge >= 0.3 is 0 Å². The van der Waals surface area contributed by atoms with Crippen molar-refractivity contribution in [1.29, 1.82) is 0 Å². The number of likely N-dealkylation sites (N-methyl/N-ethyl adjacent to an activating group) is 1. The van der Waals surface area contributed by atoms with Gasteiger partial charge in [0.1, 0.15) is 5.82 Å². The standard InChI is InChI=1S/C16H24N4/c1-4-11-20(5-2)12-10-17-16-13(3)18-14-8-6-7-9-15(14)19-16/h6-9H,4-5,10-12H2,1-3H3,(H,17,19). The lowest BCUT2D eigenvalue weighted by atomic mass is 10.3. The summed E-state index contributed by atoms with van der Waals surface area (Å²) in [6, 6.07) is 7.99. The van der Waals surface area contributed by atoms with E-state index in [0.717, 1.165) is 48.7 Å². The minimum Gasteiger partial charge on any atom is -0.367 e. The van der Waals surface area contributed by atoms with E-state index in [1.165, 1.54) is 6.42 Å². The molecule has 20 heavy (non-hydrogen) atoms. The van der Waals surface area contributed by atoms with Gasteiger partial charge in [0.05, 0.1) is 16.7 Å². The van der Waals surface area contributed by atoms with Crippen LogP contribution in [0.1, 0.15) is 26.0 Å². The maximum absolute atomic E-state index is 4.65. The Labute approximate surface area is 121 Å². The van der Waals surface area contributed by atoms with Gasteiger partial charge in [-0.25, -0.2) is 9.97 Å². The van der Waals surface area contributed by atoms with Crippen molar-refractivity contribution in [2.45, 2.75) is 27.2 Å². The van der Waals surface area contributed by atoms with Crippen molar-refractivity contribution in [2.75, 3.05) is 31.5 Å². The molecule has 0 saturated carbocycles. The Hall–Kier alpha value is -1.68. The molecule has 0 spiro atoms. The number of hydrogen-bond donors (Lipinski definition) is 1. The van der Waals surface area contributed by atoms with E-state index in [4.69, 9.17) is 0 Å². The molecule has 0 bridgehead atoms. The summed E-state index contributed by atoms with van der Waals surface area (Å²) in [5.74, 6) is 0.899. The third-order valence-electron chi connectivity index (χ3n) is 3.45. The average molecular weight is 272 g/mol. The first kappa shape index (κ1) is 14.7. The minimum absolute atomic E-state index is 0.899. The molecule has 108 valence electrons. The number of benzene rings is 1.